The first-order valence-electron chi connectivity index (χ1n) is 11.7. The fourth-order valence-corrected chi connectivity index (χ4v) is 4.77. The highest BCUT2D eigenvalue weighted by molar-refractivity contribution is 6.04. The van der Waals surface area contributed by atoms with Crippen molar-refractivity contribution in [3.05, 3.63) is 47.1 Å². The first kappa shape index (κ1) is 25.8. The molecule has 0 aromatic carbocycles. The zero-order valence-electron chi connectivity index (χ0n) is 20.6. The largest absolute Gasteiger partial charge is 0.455 e. The van der Waals surface area contributed by atoms with E-state index in [1.54, 1.807) is 0 Å². The van der Waals surface area contributed by atoms with E-state index in [0.29, 0.717) is 17.6 Å². The minimum Gasteiger partial charge on any atom is -0.455 e. The van der Waals surface area contributed by atoms with Crippen molar-refractivity contribution in [3.63, 3.8) is 0 Å². The molecule has 176 valence electrons. The van der Waals surface area contributed by atoms with Crippen LogP contribution in [0.2, 0.25) is 0 Å². The van der Waals surface area contributed by atoms with E-state index in [0.717, 1.165) is 24.0 Å². The van der Waals surface area contributed by atoms with Crippen LogP contribution >= 0.6 is 0 Å². The molecule has 0 aromatic rings. The van der Waals surface area contributed by atoms with Gasteiger partial charge < -0.3 is 9.47 Å². The average molecular weight is 443 g/mol. The van der Waals surface area contributed by atoms with E-state index in [4.69, 9.17) is 9.47 Å². The number of rotatable bonds is 7. The maximum atomic E-state index is 13.3. The Bertz CT molecular complexity index is 857. The van der Waals surface area contributed by atoms with Gasteiger partial charge in [0.1, 0.15) is 6.10 Å². The minimum absolute atomic E-state index is 0.100. The molecule has 0 aromatic heterocycles. The Hall–Kier alpha value is -2.43. The highest BCUT2D eigenvalue weighted by atomic mass is 16.6. The van der Waals surface area contributed by atoms with Crippen molar-refractivity contribution in [1.82, 2.24) is 0 Å². The van der Waals surface area contributed by atoms with Gasteiger partial charge in [-0.2, -0.15) is 0 Å². The summed E-state index contributed by atoms with van der Waals surface area (Å²) in [5.41, 5.74) is 3.17. The zero-order valence-corrected chi connectivity index (χ0v) is 20.6. The number of allylic oxidation sites excluding steroid dienone is 3. The predicted molar refractivity (Wildman–Crippen MR) is 126 cm³/mol. The van der Waals surface area contributed by atoms with Gasteiger partial charge in [0.25, 0.3) is 0 Å². The summed E-state index contributed by atoms with van der Waals surface area (Å²) in [5.74, 6) is -1.23. The molecule has 0 heterocycles. The number of fused-ring (bicyclic) bond motifs is 1. The summed E-state index contributed by atoms with van der Waals surface area (Å²) in [5, 5.41) is 0. The van der Waals surface area contributed by atoms with Crippen LogP contribution in [0.4, 0.5) is 0 Å². The van der Waals surface area contributed by atoms with Crippen LogP contribution < -0.4 is 0 Å². The molecule has 0 bridgehead atoms. The zero-order chi connectivity index (χ0) is 24.2. The Morgan fingerprint density at radius 2 is 1.56 bits per heavy atom. The van der Waals surface area contributed by atoms with Gasteiger partial charge in [-0.3, -0.25) is 4.79 Å². The average Bonchev–Trinajstić information content (AvgIpc) is 3.00. The molecule has 0 spiro atoms. The molecule has 32 heavy (non-hydrogen) atoms. The first-order chi connectivity index (χ1) is 15.0. The summed E-state index contributed by atoms with van der Waals surface area (Å²) < 4.78 is 11.5. The third-order valence-electron chi connectivity index (χ3n) is 6.92. The Kier molecular flexibility index (Phi) is 8.82. The molecule has 2 fully saturated rings. The third-order valence-corrected chi connectivity index (χ3v) is 6.92. The van der Waals surface area contributed by atoms with Crippen LogP contribution in [-0.4, -0.2) is 29.9 Å². The van der Waals surface area contributed by atoms with E-state index in [1.165, 1.54) is 12.2 Å². The molecular weight excluding hydrogens is 404 g/mol. The maximum Gasteiger partial charge on any atom is 0.331 e. The van der Waals surface area contributed by atoms with Crippen molar-refractivity contribution in [2.24, 2.45) is 23.7 Å². The van der Waals surface area contributed by atoms with Crippen LogP contribution in [-0.2, 0) is 23.9 Å². The Morgan fingerprint density at radius 1 is 1.03 bits per heavy atom. The molecule has 2 rings (SSSR count). The van der Waals surface area contributed by atoms with E-state index in [9.17, 15) is 14.4 Å². The molecule has 5 heteroatoms. The monoisotopic (exact) mass is 442 g/mol. The molecular formula is C27H38O5. The van der Waals surface area contributed by atoms with Crippen LogP contribution in [0, 0.1) is 23.7 Å². The molecule has 5 nitrogen and oxygen atoms in total. The fourth-order valence-electron chi connectivity index (χ4n) is 4.77. The normalized spacial score (nSPS) is 30.0. The Morgan fingerprint density at radius 3 is 2.03 bits per heavy atom. The van der Waals surface area contributed by atoms with Crippen molar-refractivity contribution < 1.29 is 23.9 Å². The minimum atomic E-state index is -0.942. The van der Waals surface area contributed by atoms with Crippen molar-refractivity contribution in [3.8, 4) is 0 Å². The number of carbonyl (C=O) groups excluding carboxylic acids is 3. The molecule has 0 N–H and O–H groups in total. The van der Waals surface area contributed by atoms with Crippen molar-refractivity contribution in [1.29, 1.82) is 0 Å². The molecule has 5 atom stereocenters. The molecule has 0 aliphatic heterocycles. The summed E-state index contributed by atoms with van der Waals surface area (Å²) in [6.07, 6.45) is 5.42. The third kappa shape index (κ3) is 5.48. The van der Waals surface area contributed by atoms with E-state index in [2.05, 4.69) is 20.4 Å². The van der Waals surface area contributed by atoms with E-state index in [-0.39, 0.29) is 23.5 Å². The number of hydrogen-bond acceptors (Lipinski definition) is 5. The van der Waals surface area contributed by atoms with E-state index < -0.39 is 30.1 Å². The smallest absolute Gasteiger partial charge is 0.331 e. The number of ketones is 1. The van der Waals surface area contributed by atoms with E-state index in [1.807, 2.05) is 40.7 Å². The van der Waals surface area contributed by atoms with Crippen molar-refractivity contribution >= 4 is 17.7 Å². The number of ether oxygens (including phenoxy) is 2. The van der Waals surface area contributed by atoms with Crippen molar-refractivity contribution in [2.75, 3.05) is 0 Å². The first-order valence-corrected chi connectivity index (χ1v) is 11.7. The van der Waals surface area contributed by atoms with Gasteiger partial charge in [-0.25, -0.2) is 9.59 Å². The second kappa shape index (κ2) is 10.9. The van der Waals surface area contributed by atoms with Crippen LogP contribution in [0.3, 0.4) is 0 Å². The number of Topliss-reactive ketones (excluding diaryl/α,β-unsaturated/α-hetero) is 1. The summed E-state index contributed by atoms with van der Waals surface area (Å²) >= 11 is 0. The molecule has 0 amide bonds. The highest BCUT2D eigenvalue weighted by Crippen LogP contribution is 2.52. The van der Waals surface area contributed by atoms with Crippen LogP contribution in [0.1, 0.15) is 67.7 Å². The fraction of sp³-hybridized carbons (Fsp3) is 0.593. The van der Waals surface area contributed by atoms with Crippen LogP contribution in [0.5, 0.6) is 0 Å². The van der Waals surface area contributed by atoms with Gasteiger partial charge in [-0.1, -0.05) is 51.5 Å². The summed E-state index contributed by atoms with van der Waals surface area (Å²) in [6.45, 7) is 18.0. The lowest BCUT2D eigenvalue weighted by molar-refractivity contribution is -0.152. The molecule has 0 saturated heterocycles. The summed E-state index contributed by atoms with van der Waals surface area (Å²) in [7, 11) is 0. The topological polar surface area (TPSA) is 69.7 Å². The molecule has 2 saturated carbocycles. The van der Waals surface area contributed by atoms with Gasteiger partial charge in [0.2, 0.25) is 0 Å². The lowest BCUT2D eigenvalue weighted by atomic mass is 9.65. The Labute approximate surface area is 192 Å². The van der Waals surface area contributed by atoms with Gasteiger partial charge in [-0.05, 0) is 63.0 Å². The maximum absolute atomic E-state index is 13.3. The molecule has 2 aliphatic rings. The Balaban J connectivity index is 2.42. The number of esters is 2. The summed E-state index contributed by atoms with van der Waals surface area (Å²) in [4.78, 5) is 38.3. The highest BCUT2D eigenvalue weighted by Gasteiger charge is 2.56. The van der Waals surface area contributed by atoms with Crippen LogP contribution in [0.15, 0.2) is 47.1 Å². The van der Waals surface area contributed by atoms with Gasteiger partial charge >= 0.3 is 11.9 Å². The SMILES string of the molecule is C=C1C(OC(=O)C=C(C)CC)CC(C(C)C)C2C(=CC)C(=O)C(OC(=O)C=C(C)CC)C12. The van der Waals surface area contributed by atoms with Crippen LogP contribution in [0.25, 0.3) is 0 Å². The van der Waals surface area contributed by atoms with E-state index >= 15 is 0 Å². The predicted octanol–water partition coefficient (Wildman–Crippen LogP) is 5.52. The standard InChI is InChI=1S/C27H38O5/c1-9-16(6)12-22(28)31-21-14-20(15(4)5)25-19(11-3)26(30)27(24(25)18(21)8)32-23(29)13-17(7)10-2/h11-13,15,20-21,24-25,27H,8-10,14H2,1-7H3. The molecule has 0 radical (unpaired) electrons. The second-order valence-electron chi connectivity index (χ2n) is 9.35. The second-order valence-corrected chi connectivity index (χ2v) is 9.35. The van der Waals surface area contributed by atoms with Crippen molar-refractivity contribution in [2.45, 2.75) is 79.9 Å². The number of carbonyl (C=O) groups is 3. The van der Waals surface area contributed by atoms with Gasteiger partial charge in [0.15, 0.2) is 11.9 Å². The van der Waals surface area contributed by atoms with Gasteiger partial charge in [0, 0.05) is 24.0 Å². The quantitative estimate of drug-likeness (QED) is 0.295. The molecule has 2 aliphatic carbocycles. The van der Waals surface area contributed by atoms with Gasteiger partial charge in [-0.15, -0.1) is 0 Å². The number of hydrogen-bond donors (Lipinski definition) is 0. The lowest BCUT2D eigenvalue weighted by Crippen LogP contribution is -2.43. The van der Waals surface area contributed by atoms with Gasteiger partial charge in [0.05, 0.1) is 0 Å². The lowest BCUT2D eigenvalue weighted by Gasteiger charge is -2.42. The summed E-state index contributed by atoms with van der Waals surface area (Å²) in [6, 6.07) is 0. The molecule has 5 unspecified atom stereocenters.